The molecule has 0 heterocycles. The number of hydrogen-bond acceptors (Lipinski definition) is 3. The van der Waals surface area contributed by atoms with Crippen molar-refractivity contribution in [2.75, 3.05) is 0 Å². The minimum atomic E-state index is -0.349. The van der Waals surface area contributed by atoms with E-state index in [1.54, 1.807) is 12.1 Å². The van der Waals surface area contributed by atoms with Crippen LogP contribution in [-0.4, -0.2) is 11.8 Å². The molecule has 0 amide bonds. The van der Waals surface area contributed by atoms with Gasteiger partial charge < -0.3 is 4.74 Å². The first kappa shape index (κ1) is 17.2. The molecule has 5 rings (SSSR count). The van der Waals surface area contributed by atoms with Crippen molar-refractivity contribution in [3.05, 3.63) is 77.4 Å². The first-order valence-corrected chi connectivity index (χ1v) is 9.92. The number of aryl methyl sites for hydroxylation is 1. The number of esters is 1. The normalized spacial score (nSPS) is 23.3. The number of hydrogen-bond donors (Lipinski definition) is 0. The highest BCUT2D eigenvalue weighted by Crippen LogP contribution is 2.54. The molecule has 0 N–H and O–H groups in total. The van der Waals surface area contributed by atoms with Gasteiger partial charge in [0, 0.05) is 11.8 Å². The fraction of sp³-hybridized carbons (Fsp3) is 0.280. The molecule has 3 aromatic rings. The average Bonchev–Trinajstić information content (AvgIpc) is 3.03. The molecule has 1 fully saturated rings. The number of ether oxygens (including phenoxy) is 1. The quantitative estimate of drug-likeness (QED) is 0.444. The van der Waals surface area contributed by atoms with Gasteiger partial charge in [-0.1, -0.05) is 43.3 Å². The summed E-state index contributed by atoms with van der Waals surface area (Å²) < 4.78 is 5.57. The summed E-state index contributed by atoms with van der Waals surface area (Å²) in [4.78, 5) is 24.7. The molecule has 3 nitrogen and oxygen atoms in total. The van der Waals surface area contributed by atoms with E-state index < -0.39 is 0 Å². The van der Waals surface area contributed by atoms with Gasteiger partial charge in [-0.2, -0.15) is 0 Å². The van der Waals surface area contributed by atoms with Crippen molar-refractivity contribution < 1.29 is 14.3 Å². The number of fused-ring (bicyclic) bond motifs is 5. The zero-order chi connectivity index (χ0) is 19.3. The van der Waals surface area contributed by atoms with Crippen LogP contribution in [0.4, 0.5) is 0 Å². The second kappa shape index (κ2) is 6.30. The highest BCUT2D eigenvalue weighted by molar-refractivity contribution is 5.94. The Labute approximate surface area is 164 Å². The lowest BCUT2D eigenvalue weighted by molar-refractivity contribution is -0.126. The smallest absolute Gasteiger partial charge is 0.343 e. The summed E-state index contributed by atoms with van der Waals surface area (Å²) in [6, 6.07) is 19.2. The van der Waals surface area contributed by atoms with E-state index in [0.717, 1.165) is 24.6 Å². The number of ketones is 1. The second-order valence-electron chi connectivity index (χ2n) is 8.20. The van der Waals surface area contributed by atoms with Gasteiger partial charge >= 0.3 is 5.97 Å². The fourth-order valence-corrected chi connectivity index (χ4v) is 5.07. The molecule has 0 aromatic heterocycles. The minimum Gasteiger partial charge on any atom is -0.423 e. The summed E-state index contributed by atoms with van der Waals surface area (Å²) in [6.07, 6.45) is 3.51. The summed E-state index contributed by atoms with van der Waals surface area (Å²) in [6.45, 7) is 2.15. The maximum Gasteiger partial charge on any atom is 0.343 e. The first-order chi connectivity index (χ1) is 13.6. The standard InChI is InChI=1S/C25H22O3/c1-25-14-13-20-19-10-8-18(28-24(27)16-5-3-2-4-6-16)15-17(19)7-9-21(20)22(25)11-12-23(25)26/h2-10,15,22H,11-14H2,1H3. The van der Waals surface area contributed by atoms with E-state index in [1.807, 2.05) is 30.3 Å². The molecule has 3 aromatic carbocycles. The molecule has 28 heavy (non-hydrogen) atoms. The van der Waals surface area contributed by atoms with E-state index >= 15 is 0 Å². The molecular weight excluding hydrogens is 348 g/mol. The second-order valence-corrected chi connectivity index (χ2v) is 8.20. The largest absolute Gasteiger partial charge is 0.423 e. The molecule has 2 unspecified atom stereocenters. The van der Waals surface area contributed by atoms with E-state index in [4.69, 9.17) is 4.74 Å². The van der Waals surface area contributed by atoms with Crippen molar-refractivity contribution >= 4 is 22.5 Å². The van der Waals surface area contributed by atoms with E-state index in [0.29, 0.717) is 29.4 Å². The van der Waals surface area contributed by atoms with Crippen LogP contribution in [0.25, 0.3) is 10.8 Å². The molecule has 1 saturated carbocycles. The average molecular weight is 370 g/mol. The summed E-state index contributed by atoms with van der Waals surface area (Å²) in [7, 11) is 0. The maximum atomic E-state index is 12.4. The van der Waals surface area contributed by atoms with Gasteiger partial charge in [0.2, 0.25) is 0 Å². The Kier molecular flexibility index (Phi) is 3.87. The van der Waals surface area contributed by atoms with Crippen molar-refractivity contribution in [3.8, 4) is 5.75 Å². The Bertz CT molecular complexity index is 1100. The predicted octanol–water partition coefficient (Wildman–Crippen LogP) is 5.46. The van der Waals surface area contributed by atoms with Crippen LogP contribution in [0.3, 0.4) is 0 Å². The molecule has 2 aliphatic rings. The molecule has 0 spiro atoms. The Hall–Kier alpha value is -2.94. The number of rotatable bonds is 2. The van der Waals surface area contributed by atoms with Crippen LogP contribution in [0.1, 0.15) is 53.6 Å². The minimum absolute atomic E-state index is 0.189. The van der Waals surface area contributed by atoms with Gasteiger partial charge in [0.15, 0.2) is 0 Å². The van der Waals surface area contributed by atoms with Gasteiger partial charge in [-0.3, -0.25) is 4.79 Å². The Morgan fingerprint density at radius 2 is 1.86 bits per heavy atom. The van der Waals surface area contributed by atoms with Crippen LogP contribution < -0.4 is 4.74 Å². The SMILES string of the molecule is CC12CCc3c(ccc4cc(OC(=O)c5ccccc5)ccc34)C1CCC2=O. The van der Waals surface area contributed by atoms with Gasteiger partial charge in [0.25, 0.3) is 0 Å². The molecule has 2 aliphatic carbocycles. The number of benzene rings is 3. The van der Waals surface area contributed by atoms with Gasteiger partial charge in [-0.05, 0) is 71.3 Å². The van der Waals surface area contributed by atoms with Crippen LogP contribution >= 0.6 is 0 Å². The lowest BCUT2D eigenvalue weighted by Gasteiger charge is -2.37. The van der Waals surface area contributed by atoms with Gasteiger partial charge in [0.1, 0.15) is 11.5 Å². The summed E-state index contributed by atoms with van der Waals surface area (Å²) in [5.41, 5.74) is 3.04. The zero-order valence-corrected chi connectivity index (χ0v) is 15.9. The third-order valence-corrected chi connectivity index (χ3v) is 6.70. The third kappa shape index (κ3) is 2.57. The van der Waals surface area contributed by atoms with Crippen LogP contribution in [0.15, 0.2) is 60.7 Å². The number of carbonyl (C=O) groups excluding carboxylic acids is 2. The summed E-state index contributed by atoms with van der Waals surface area (Å²) in [5, 5.41) is 2.28. The molecule has 140 valence electrons. The number of carbonyl (C=O) groups is 2. The Morgan fingerprint density at radius 3 is 2.68 bits per heavy atom. The van der Waals surface area contributed by atoms with E-state index in [-0.39, 0.29) is 11.4 Å². The van der Waals surface area contributed by atoms with Gasteiger partial charge in [-0.25, -0.2) is 4.79 Å². The lowest BCUT2D eigenvalue weighted by atomic mass is 9.66. The Morgan fingerprint density at radius 1 is 1.04 bits per heavy atom. The molecular formula is C25H22O3. The van der Waals surface area contributed by atoms with Crippen molar-refractivity contribution in [2.45, 2.75) is 38.5 Å². The van der Waals surface area contributed by atoms with Crippen molar-refractivity contribution in [1.82, 2.24) is 0 Å². The molecule has 0 saturated heterocycles. The molecule has 0 radical (unpaired) electrons. The van der Waals surface area contributed by atoms with Gasteiger partial charge in [-0.15, -0.1) is 0 Å². The van der Waals surface area contributed by atoms with Crippen LogP contribution in [0.5, 0.6) is 5.75 Å². The molecule has 0 bridgehead atoms. The van der Waals surface area contributed by atoms with Crippen molar-refractivity contribution in [1.29, 1.82) is 0 Å². The van der Waals surface area contributed by atoms with Crippen LogP contribution in [0.2, 0.25) is 0 Å². The monoisotopic (exact) mass is 370 g/mol. The van der Waals surface area contributed by atoms with E-state index in [2.05, 4.69) is 25.1 Å². The number of Topliss-reactive ketones (excluding diaryl/α,β-unsaturated/α-hetero) is 1. The molecule has 2 atom stereocenters. The fourth-order valence-electron chi connectivity index (χ4n) is 5.07. The highest BCUT2D eigenvalue weighted by atomic mass is 16.5. The van der Waals surface area contributed by atoms with Crippen LogP contribution in [-0.2, 0) is 11.2 Å². The van der Waals surface area contributed by atoms with Crippen molar-refractivity contribution in [3.63, 3.8) is 0 Å². The topological polar surface area (TPSA) is 43.4 Å². The van der Waals surface area contributed by atoms with Crippen molar-refractivity contribution in [2.24, 2.45) is 5.41 Å². The van der Waals surface area contributed by atoms with Gasteiger partial charge in [0.05, 0.1) is 5.56 Å². The maximum absolute atomic E-state index is 12.4. The highest BCUT2D eigenvalue weighted by Gasteiger charge is 2.49. The Balaban J connectivity index is 1.49. The lowest BCUT2D eigenvalue weighted by Crippen LogP contribution is -2.32. The van der Waals surface area contributed by atoms with E-state index in [1.165, 1.54) is 16.5 Å². The predicted molar refractivity (Wildman–Crippen MR) is 109 cm³/mol. The first-order valence-electron chi connectivity index (χ1n) is 9.92. The summed E-state index contributed by atoms with van der Waals surface area (Å²) in [5.74, 6) is 0.964. The zero-order valence-electron chi connectivity index (χ0n) is 15.9. The molecule has 3 heteroatoms. The van der Waals surface area contributed by atoms with E-state index in [9.17, 15) is 9.59 Å². The van der Waals surface area contributed by atoms with Crippen LogP contribution in [0, 0.1) is 5.41 Å². The summed E-state index contributed by atoms with van der Waals surface area (Å²) >= 11 is 0. The third-order valence-electron chi connectivity index (χ3n) is 6.70. The molecule has 0 aliphatic heterocycles.